The van der Waals surface area contributed by atoms with Gasteiger partial charge in [-0.3, -0.25) is 0 Å². The van der Waals surface area contributed by atoms with E-state index in [0.717, 1.165) is 0 Å². The number of rotatable bonds is 11. The van der Waals surface area contributed by atoms with Crippen molar-refractivity contribution in [1.82, 2.24) is 24.5 Å². The van der Waals surface area contributed by atoms with Gasteiger partial charge in [0, 0.05) is 37.9 Å². The monoisotopic (exact) mass is 577 g/mol. The third-order valence-corrected chi connectivity index (χ3v) is 6.56. The molecule has 3 heterocycles. The number of fused-ring (bicyclic) bond motifs is 1. The second-order valence-electron chi connectivity index (χ2n) is 8.99. The van der Waals surface area contributed by atoms with E-state index in [1.165, 1.54) is 25.4 Å². The lowest BCUT2D eigenvalue weighted by atomic mass is 10.1. The first-order chi connectivity index (χ1) is 19.9. The second-order valence-corrected chi connectivity index (χ2v) is 9.33. The van der Waals surface area contributed by atoms with E-state index in [-0.39, 0.29) is 23.9 Å². The van der Waals surface area contributed by atoms with Gasteiger partial charge in [0.2, 0.25) is 17.0 Å². The minimum Gasteiger partial charge on any atom is -0.481 e. The molecule has 210 valence electrons. The van der Waals surface area contributed by atoms with Gasteiger partial charge >= 0.3 is 5.97 Å². The third kappa shape index (κ3) is 6.26. The van der Waals surface area contributed by atoms with E-state index >= 15 is 4.39 Å². The van der Waals surface area contributed by atoms with Crippen molar-refractivity contribution >= 4 is 28.6 Å². The van der Waals surface area contributed by atoms with Gasteiger partial charge in [0.25, 0.3) is 0 Å². The van der Waals surface area contributed by atoms with Crippen LogP contribution in [0.4, 0.5) is 4.39 Å². The van der Waals surface area contributed by atoms with Crippen molar-refractivity contribution < 1.29 is 28.5 Å². The van der Waals surface area contributed by atoms with Crippen LogP contribution in [0.15, 0.2) is 60.8 Å². The zero-order valence-corrected chi connectivity index (χ0v) is 22.9. The molecule has 0 spiro atoms. The van der Waals surface area contributed by atoms with E-state index in [4.69, 9.17) is 25.8 Å². The Labute approximate surface area is 239 Å². The number of aromatic carboxylic acids is 1. The second kappa shape index (κ2) is 12.3. The molecule has 0 bridgehead atoms. The molecule has 1 N–H and O–H groups in total. The van der Waals surface area contributed by atoms with Crippen molar-refractivity contribution in [3.05, 3.63) is 94.4 Å². The van der Waals surface area contributed by atoms with Crippen LogP contribution in [0.3, 0.4) is 0 Å². The van der Waals surface area contributed by atoms with Crippen LogP contribution < -0.4 is 9.47 Å². The van der Waals surface area contributed by atoms with Crippen LogP contribution in [0, 0.1) is 5.82 Å². The number of benzene rings is 2. The molecule has 2 aromatic carbocycles. The van der Waals surface area contributed by atoms with Crippen LogP contribution in [0.25, 0.3) is 22.3 Å². The van der Waals surface area contributed by atoms with Gasteiger partial charge in [0.15, 0.2) is 0 Å². The molecule has 0 amide bonds. The van der Waals surface area contributed by atoms with Crippen molar-refractivity contribution in [3.63, 3.8) is 0 Å². The Morgan fingerprint density at radius 3 is 2.66 bits per heavy atom. The first-order valence-electron chi connectivity index (χ1n) is 12.5. The summed E-state index contributed by atoms with van der Waals surface area (Å²) in [7, 11) is 3.06. The highest BCUT2D eigenvalue weighted by atomic mass is 35.5. The Hall–Kier alpha value is -4.61. The maximum absolute atomic E-state index is 15.4. The number of nitrogens with zero attached hydrogens (tertiary/aromatic N) is 5. The number of ether oxygens (including phenoxy) is 3. The van der Waals surface area contributed by atoms with Crippen LogP contribution in [0.5, 0.6) is 11.8 Å². The number of hydrogen-bond acceptors (Lipinski definition) is 8. The van der Waals surface area contributed by atoms with Gasteiger partial charge < -0.3 is 23.9 Å². The summed E-state index contributed by atoms with van der Waals surface area (Å²) in [5.74, 6) is -0.221. The molecule has 10 nitrogen and oxygen atoms in total. The SMILES string of the molecule is COCCn1c(Cc2ccc(-c3cccc(OCc4cnc(Cl)nc4OC)n3)cc2F)nc2ccc(C(=O)O)cc21. The fourth-order valence-electron chi connectivity index (χ4n) is 4.35. The number of imidazole rings is 1. The Morgan fingerprint density at radius 2 is 1.90 bits per heavy atom. The number of carboxylic acid groups (broad SMARTS) is 1. The van der Waals surface area contributed by atoms with Crippen molar-refractivity contribution in [1.29, 1.82) is 0 Å². The minimum absolute atomic E-state index is 0.0655. The highest BCUT2D eigenvalue weighted by Crippen LogP contribution is 2.26. The molecule has 0 aliphatic carbocycles. The lowest BCUT2D eigenvalue weighted by Crippen LogP contribution is -2.10. The summed E-state index contributed by atoms with van der Waals surface area (Å²) >= 11 is 5.82. The molecule has 0 radical (unpaired) electrons. The van der Waals surface area contributed by atoms with Gasteiger partial charge in [0.1, 0.15) is 18.2 Å². The number of methoxy groups -OCH3 is 2. The van der Waals surface area contributed by atoms with E-state index in [9.17, 15) is 9.90 Å². The van der Waals surface area contributed by atoms with Gasteiger partial charge in [-0.1, -0.05) is 18.2 Å². The highest BCUT2D eigenvalue weighted by molar-refractivity contribution is 6.28. The van der Waals surface area contributed by atoms with Crippen LogP contribution in [0.1, 0.15) is 27.3 Å². The van der Waals surface area contributed by atoms with Crippen LogP contribution in [0.2, 0.25) is 5.28 Å². The molecular formula is C29H25ClFN5O5. The third-order valence-electron chi connectivity index (χ3n) is 6.38. The number of carbonyl (C=O) groups is 1. The number of halogens is 2. The van der Waals surface area contributed by atoms with Crippen LogP contribution in [-0.2, 0) is 24.3 Å². The molecule has 3 aromatic heterocycles. The fourth-order valence-corrected chi connectivity index (χ4v) is 4.47. The molecule has 0 aliphatic rings. The molecule has 0 unspecified atom stereocenters. The molecule has 5 aromatic rings. The van der Waals surface area contributed by atoms with Gasteiger partial charge in [-0.2, -0.15) is 4.98 Å². The molecule has 0 atom stereocenters. The first kappa shape index (κ1) is 27.9. The summed E-state index contributed by atoms with van der Waals surface area (Å²) in [6.45, 7) is 0.928. The normalized spacial score (nSPS) is 11.1. The summed E-state index contributed by atoms with van der Waals surface area (Å²) in [4.78, 5) is 28.6. The molecule has 0 saturated heterocycles. The average Bonchev–Trinajstić information content (AvgIpc) is 3.32. The molecule has 5 rings (SSSR count). The lowest BCUT2D eigenvalue weighted by molar-refractivity contribution is 0.0697. The quantitative estimate of drug-likeness (QED) is 0.211. The Bertz CT molecular complexity index is 1730. The topological polar surface area (TPSA) is 121 Å². The first-order valence-corrected chi connectivity index (χ1v) is 12.9. The van der Waals surface area contributed by atoms with Crippen LogP contribution >= 0.6 is 11.6 Å². The van der Waals surface area contributed by atoms with Crippen molar-refractivity contribution in [2.75, 3.05) is 20.8 Å². The van der Waals surface area contributed by atoms with Gasteiger partial charge in [-0.05, 0) is 47.5 Å². The summed E-state index contributed by atoms with van der Waals surface area (Å²) < 4.78 is 33.5. The predicted molar refractivity (Wildman–Crippen MR) is 149 cm³/mol. The molecule has 12 heteroatoms. The summed E-state index contributed by atoms with van der Waals surface area (Å²) in [5, 5.41) is 9.47. The van der Waals surface area contributed by atoms with E-state index in [0.29, 0.717) is 64.2 Å². The minimum atomic E-state index is -1.03. The smallest absolute Gasteiger partial charge is 0.335 e. The molecule has 0 fully saturated rings. The predicted octanol–water partition coefficient (Wildman–Crippen LogP) is 5.20. The zero-order valence-electron chi connectivity index (χ0n) is 22.2. The van der Waals surface area contributed by atoms with Gasteiger partial charge in [-0.15, -0.1) is 0 Å². The largest absolute Gasteiger partial charge is 0.481 e. The van der Waals surface area contributed by atoms with E-state index in [2.05, 4.69) is 19.9 Å². The Balaban J connectivity index is 1.37. The Kier molecular flexibility index (Phi) is 8.37. The summed E-state index contributed by atoms with van der Waals surface area (Å²) in [5.41, 5.74) is 3.56. The van der Waals surface area contributed by atoms with Crippen molar-refractivity contribution in [3.8, 4) is 23.0 Å². The van der Waals surface area contributed by atoms with Crippen molar-refractivity contribution in [2.24, 2.45) is 0 Å². The summed E-state index contributed by atoms with van der Waals surface area (Å²) in [6.07, 6.45) is 1.72. The number of aromatic nitrogens is 5. The number of pyridine rings is 1. The molecule has 0 aliphatic heterocycles. The zero-order chi connectivity index (χ0) is 28.9. The molecule has 41 heavy (non-hydrogen) atoms. The average molecular weight is 578 g/mol. The maximum Gasteiger partial charge on any atom is 0.335 e. The Morgan fingerprint density at radius 1 is 1.05 bits per heavy atom. The van der Waals surface area contributed by atoms with E-state index < -0.39 is 11.8 Å². The number of carboxylic acids is 1. The van der Waals surface area contributed by atoms with Gasteiger partial charge in [0.05, 0.1) is 41.6 Å². The highest BCUT2D eigenvalue weighted by Gasteiger charge is 2.16. The lowest BCUT2D eigenvalue weighted by Gasteiger charge is -2.11. The standard InChI is InChI=1S/C29H25ClFN5O5/c1-39-11-10-36-24-13-19(28(37)38)8-9-23(24)33-25(36)14-17-6-7-18(12-21(17)31)22-4-3-5-26(34-22)41-16-20-15-32-29(30)35-27(20)40-2/h3-9,12-13,15H,10-11,14,16H2,1-2H3,(H,37,38). The molecular weight excluding hydrogens is 553 g/mol. The van der Waals surface area contributed by atoms with E-state index in [1.807, 2.05) is 4.57 Å². The van der Waals surface area contributed by atoms with Crippen molar-refractivity contribution in [2.45, 2.75) is 19.6 Å². The van der Waals surface area contributed by atoms with E-state index in [1.54, 1.807) is 49.6 Å². The summed E-state index contributed by atoms with van der Waals surface area (Å²) in [6, 6.07) is 14.8. The number of hydrogen-bond donors (Lipinski definition) is 1. The fraction of sp³-hybridized carbons (Fsp3) is 0.207. The maximum atomic E-state index is 15.4. The van der Waals surface area contributed by atoms with Crippen LogP contribution in [-0.4, -0.2) is 56.4 Å². The van der Waals surface area contributed by atoms with Gasteiger partial charge in [-0.25, -0.2) is 24.1 Å². The molecule has 0 saturated carbocycles.